The lowest BCUT2D eigenvalue weighted by Crippen LogP contribution is -2.37. The Bertz CT molecular complexity index is 573. The van der Waals surface area contributed by atoms with E-state index in [1.54, 1.807) is 5.32 Å². The molecule has 0 atom stereocenters. The maximum absolute atomic E-state index is 13.7. The molecule has 0 spiro atoms. The van der Waals surface area contributed by atoms with Gasteiger partial charge in [-0.2, -0.15) is 13.2 Å². The van der Waals surface area contributed by atoms with Gasteiger partial charge in [-0.1, -0.05) is 0 Å². The van der Waals surface area contributed by atoms with Crippen molar-refractivity contribution in [3.63, 3.8) is 0 Å². The van der Waals surface area contributed by atoms with Gasteiger partial charge in [-0.25, -0.2) is 9.18 Å². The highest BCUT2D eigenvalue weighted by atomic mass is 19.4. The van der Waals surface area contributed by atoms with Crippen LogP contribution in [0, 0.1) is 12.7 Å². The topological polar surface area (TPSA) is 67.4 Å². The van der Waals surface area contributed by atoms with Crippen molar-refractivity contribution in [1.29, 1.82) is 0 Å². The summed E-state index contributed by atoms with van der Waals surface area (Å²) in [5, 5.41) is 4.15. The van der Waals surface area contributed by atoms with Gasteiger partial charge in [0.05, 0.1) is 19.2 Å². The number of methoxy groups -OCH3 is 1. The number of carbonyl (C=O) groups excluding carboxylic acids is 2. The van der Waals surface area contributed by atoms with Crippen LogP contribution in [0.2, 0.25) is 0 Å². The summed E-state index contributed by atoms with van der Waals surface area (Å²) in [6.45, 7) is -0.559. The van der Waals surface area contributed by atoms with Gasteiger partial charge in [0.1, 0.15) is 12.4 Å². The van der Waals surface area contributed by atoms with E-state index in [4.69, 9.17) is 0 Å². The molecular formula is C13H14F4N2O3. The van der Waals surface area contributed by atoms with Gasteiger partial charge >= 0.3 is 12.1 Å². The molecule has 1 aromatic rings. The summed E-state index contributed by atoms with van der Waals surface area (Å²) in [6, 6.07) is 2.22. The SMILES string of the molecule is COC(=O)c1cc(F)c(C)c(NCC(=O)NCC(F)(F)F)c1. The minimum absolute atomic E-state index is 0.0798. The number of hydrogen-bond acceptors (Lipinski definition) is 4. The number of rotatable bonds is 5. The quantitative estimate of drug-likeness (QED) is 0.643. The van der Waals surface area contributed by atoms with Crippen LogP contribution in [-0.2, 0) is 9.53 Å². The first-order chi connectivity index (χ1) is 10.1. The van der Waals surface area contributed by atoms with Crippen molar-refractivity contribution in [3.8, 4) is 0 Å². The smallest absolute Gasteiger partial charge is 0.405 e. The Morgan fingerprint density at radius 1 is 1.27 bits per heavy atom. The summed E-state index contributed by atoms with van der Waals surface area (Å²) in [7, 11) is 1.12. The maximum atomic E-state index is 13.7. The van der Waals surface area contributed by atoms with Crippen LogP contribution in [0.4, 0.5) is 23.2 Å². The second-order valence-electron chi connectivity index (χ2n) is 4.37. The van der Waals surface area contributed by atoms with Crippen LogP contribution in [0.3, 0.4) is 0 Å². The fourth-order valence-electron chi connectivity index (χ4n) is 1.53. The normalized spacial score (nSPS) is 11.0. The third-order valence-electron chi connectivity index (χ3n) is 2.69. The highest BCUT2D eigenvalue weighted by Gasteiger charge is 2.27. The first-order valence-electron chi connectivity index (χ1n) is 6.10. The average Bonchev–Trinajstić information content (AvgIpc) is 2.44. The van der Waals surface area contributed by atoms with Crippen LogP contribution in [-0.4, -0.2) is 38.3 Å². The number of alkyl halides is 3. The summed E-state index contributed by atoms with van der Waals surface area (Å²) in [5.74, 6) is -2.40. The van der Waals surface area contributed by atoms with Crippen molar-refractivity contribution in [1.82, 2.24) is 5.32 Å². The van der Waals surface area contributed by atoms with Crippen molar-refractivity contribution >= 4 is 17.6 Å². The van der Waals surface area contributed by atoms with Gasteiger partial charge in [0.2, 0.25) is 5.91 Å². The van der Waals surface area contributed by atoms with Gasteiger partial charge < -0.3 is 15.4 Å². The number of nitrogens with one attached hydrogen (secondary N) is 2. The third-order valence-corrected chi connectivity index (χ3v) is 2.69. The van der Waals surface area contributed by atoms with Gasteiger partial charge in [-0.15, -0.1) is 0 Å². The van der Waals surface area contributed by atoms with Crippen molar-refractivity contribution in [2.24, 2.45) is 0 Å². The maximum Gasteiger partial charge on any atom is 0.405 e. The predicted octanol–water partition coefficient (Wildman–Crippen LogP) is 2.01. The van der Waals surface area contributed by atoms with E-state index < -0.39 is 37.0 Å². The molecule has 0 aliphatic rings. The summed E-state index contributed by atoms with van der Waals surface area (Å²) in [6.07, 6.45) is -4.51. The van der Waals surface area contributed by atoms with E-state index in [9.17, 15) is 27.2 Å². The van der Waals surface area contributed by atoms with Gasteiger partial charge in [-0.05, 0) is 19.1 Å². The average molecular weight is 322 g/mol. The molecule has 0 saturated carbocycles. The van der Waals surface area contributed by atoms with Crippen LogP contribution < -0.4 is 10.6 Å². The van der Waals surface area contributed by atoms with Gasteiger partial charge in [0.15, 0.2) is 0 Å². The van der Waals surface area contributed by atoms with E-state index in [1.807, 2.05) is 0 Å². The Morgan fingerprint density at radius 2 is 1.91 bits per heavy atom. The van der Waals surface area contributed by atoms with E-state index >= 15 is 0 Å². The van der Waals surface area contributed by atoms with Crippen molar-refractivity contribution in [3.05, 3.63) is 29.1 Å². The van der Waals surface area contributed by atoms with Crippen LogP contribution in [0.1, 0.15) is 15.9 Å². The molecule has 0 aliphatic heterocycles. The van der Waals surface area contributed by atoms with Crippen LogP contribution in [0.25, 0.3) is 0 Å². The van der Waals surface area contributed by atoms with Gasteiger partial charge in [-0.3, -0.25) is 4.79 Å². The van der Waals surface area contributed by atoms with Crippen LogP contribution in [0.5, 0.6) is 0 Å². The highest BCUT2D eigenvalue weighted by Crippen LogP contribution is 2.21. The first-order valence-corrected chi connectivity index (χ1v) is 6.10. The zero-order valence-corrected chi connectivity index (χ0v) is 11.8. The minimum atomic E-state index is -4.51. The molecule has 2 N–H and O–H groups in total. The number of ether oxygens (including phenoxy) is 1. The van der Waals surface area contributed by atoms with E-state index in [0.717, 1.165) is 13.2 Å². The number of anilines is 1. The Labute approximate surface area is 123 Å². The second kappa shape index (κ2) is 7.10. The lowest BCUT2D eigenvalue weighted by molar-refractivity contribution is -0.137. The van der Waals surface area contributed by atoms with E-state index in [2.05, 4.69) is 10.1 Å². The summed E-state index contributed by atoms with van der Waals surface area (Å²) in [5.41, 5.74) is 0.155. The lowest BCUT2D eigenvalue weighted by Gasteiger charge is -2.13. The number of carbonyl (C=O) groups is 2. The second-order valence-corrected chi connectivity index (χ2v) is 4.37. The lowest BCUT2D eigenvalue weighted by atomic mass is 10.1. The number of halogens is 4. The van der Waals surface area contributed by atoms with E-state index in [0.29, 0.717) is 0 Å². The number of hydrogen-bond donors (Lipinski definition) is 2. The molecule has 22 heavy (non-hydrogen) atoms. The van der Waals surface area contributed by atoms with E-state index in [1.165, 1.54) is 13.0 Å². The molecule has 9 heteroatoms. The fourth-order valence-corrected chi connectivity index (χ4v) is 1.53. The molecular weight excluding hydrogens is 308 g/mol. The van der Waals surface area contributed by atoms with Crippen molar-refractivity contribution < 1.29 is 31.9 Å². The Morgan fingerprint density at radius 3 is 2.45 bits per heavy atom. The standard InChI is InChI=1S/C13H14F4N2O3/c1-7-9(14)3-8(12(21)22-2)4-10(7)18-5-11(20)19-6-13(15,16)17/h3-4,18H,5-6H2,1-2H3,(H,19,20). The summed E-state index contributed by atoms with van der Waals surface area (Å²) >= 11 is 0. The fraction of sp³-hybridized carbons (Fsp3) is 0.385. The van der Waals surface area contributed by atoms with E-state index in [-0.39, 0.29) is 16.8 Å². The Hall–Kier alpha value is -2.32. The minimum Gasteiger partial charge on any atom is -0.465 e. The molecule has 0 unspecified atom stereocenters. The van der Waals surface area contributed by atoms with Gasteiger partial charge in [0, 0.05) is 11.3 Å². The molecule has 0 bridgehead atoms. The van der Waals surface area contributed by atoms with Crippen LogP contribution >= 0.6 is 0 Å². The largest absolute Gasteiger partial charge is 0.465 e. The molecule has 0 aliphatic carbocycles. The summed E-state index contributed by atoms with van der Waals surface area (Å²) in [4.78, 5) is 22.6. The highest BCUT2D eigenvalue weighted by molar-refractivity contribution is 5.91. The molecule has 1 amide bonds. The molecule has 0 radical (unpaired) electrons. The third kappa shape index (κ3) is 5.23. The molecule has 5 nitrogen and oxygen atoms in total. The monoisotopic (exact) mass is 322 g/mol. The molecule has 0 heterocycles. The molecule has 1 aromatic carbocycles. The molecule has 122 valence electrons. The molecule has 1 rings (SSSR count). The van der Waals surface area contributed by atoms with Crippen molar-refractivity contribution in [2.45, 2.75) is 13.1 Å². The zero-order chi connectivity index (χ0) is 16.9. The van der Waals surface area contributed by atoms with Crippen LogP contribution in [0.15, 0.2) is 12.1 Å². The Balaban J connectivity index is 2.75. The predicted molar refractivity (Wildman–Crippen MR) is 70.0 cm³/mol. The molecule has 0 fully saturated rings. The zero-order valence-electron chi connectivity index (χ0n) is 11.8. The molecule has 0 saturated heterocycles. The van der Waals surface area contributed by atoms with Gasteiger partial charge in [0.25, 0.3) is 0 Å². The number of amides is 1. The molecule has 0 aromatic heterocycles. The Kier molecular flexibility index (Phi) is 5.72. The first kappa shape index (κ1) is 17.7. The number of benzene rings is 1. The number of esters is 1. The summed E-state index contributed by atoms with van der Waals surface area (Å²) < 4.78 is 53.9. The van der Waals surface area contributed by atoms with Crippen molar-refractivity contribution in [2.75, 3.05) is 25.5 Å².